The van der Waals surface area contributed by atoms with E-state index in [1.165, 1.54) is 30.2 Å². The lowest BCUT2D eigenvalue weighted by Crippen LogP contribution is -2.41. The highest BCUT2D eigenvalue weighted by Gasteiger charge is 2.30. The zero-order valence-electron chi connectivity index (χ0n) is 11.8. The monoisotopic (exact) mass is 314 g/mol. The van der Waals surface area contributed by atoms with Crippen molar-refractivity contribution in [3.05, 3.63) is 38.9 Å². The van der Waals surface area contributed by atoms with E-state index in [-0.39, 0.29) is 23.2 Å². The van der Waals surface area contributed by atoms with Gasteiger partial charge in [-0.15, -0.1) is 0 Å². The summed E-state index contributed by atoms with van der Waals surface area (Å²) in [5.74, 6) is -1.31. The van der Waals surface area contributed by atoms with Crippen LogP contribution >= 0.6 is 11.6 Å². The fraction of sp³-hybridized carbons (Fsp3) is 0.385. The lowest BCUT2D eigenvalue weighted by Gasteiger charge is -2.25. The van der Waals surface area contributed by atoms with Crippen LogP contribution in [-0.2, 0) is 9.53 Å². The van der Waals surface area contributed by atoms with E-state index in [0.717, 1.165) is 0 Å². The van der Waals surface area contributed by atoms with E-state index in [9.17, 15) is 19.7 Å². The minimum atomic E-state index is -0.687. The standard InChI is InChI=1S/C13H15ClN2O5/c1-8(2)15(7-11(17)21-3)13(18)12-9(14)5-4-6-10(12)16(19)20/h4-6,8H,7H2,1-3H3. The Labute approximate surface area is 126 Å². The number of hydrogen-bond acceptors (Lipinski definition) is 5. The van der Waals surface area contributed by atoms with E-state index in [1.807, 2.05) is 0 Å². The summed E-state index contributed by atoms with van der Waals surface area (Å²) in [5.41, 5.74) is -0.634. The van der Waals surface area contributed by atoms with Crippen LogP contribution in [0.2, 0.25) is 5.02 Å². The highest BCUT2D eigenvalue weighted by atomic mass is 35.5. The Kier molecular flexibility index (Phi) is 5.66. The van der Waals surface area contributed by atoms with Crippen molar-refractivity contribution in [2.45, 2.75) is 19.9 Å². The number of nitro groups is 1. The SMILES string of the molecule is COC(=O)CN(C(=O)c1c(Cl)cccc1[N+](=O)[O-])C(C)C. The fourth-order valence-electron chi connectivity index (χ4n) is 1.71. The Hall–Kier alpha value is -2.15. The largest absolute Gasteiger partial charge is 0.468 e. The average Bonchev–Trinajstić information content (AvgIpc) is 2.42. The Morgan fingerprint density at radius 3 is 2.52 bits per heavy atom. The fourth-order valence-corrected chi connectivity index (χ4v) is 1.96. The lowest BCUT2D eigenvalue weighted by atomic mass is 10.1. The third kappa shape index (κ3) is 3.91. The Morgan fingerprint density at radius 1 is 1.43 bits per heavy atom. The molecule has 0 N–H and O–H groups in total. The molecular weight excluding hydrogens is 300 g/mol. The normalized spacial score (nSPS) is 10.3. The molecule has 0 aliphatic heterocycles. The summed E-state index contributed by atoms with van der Waals surface area (Å²) < 4.78 is 4.53. The van der Waals surface area contributed by atoms with Gasteiger partial charge < -0.3 is 9.64 Å². The van der Waals surface area contributed by atoms with Gasteiger partial charge in [0.25, 0.3) is 11.6 Å². The molecule has 0 radical (unpaired) electrons. The molecule has 7 nitrogen and oxygen atoms in total. The number of benzene rings is 1. The van der Waals surface area contributed by atoms with Gasteiger partial charge in [-0.2, -0.15) is 0 Å². The predicted octanol–water partition coefficient (Wildman–Crippen LogP) is 2.27. The first kappa shape index (κ1) is 16.9. The predicted molar refractivity (Wildman–Crippen MR) is 76.3 cm³/mol. The van der Waals surface area contributed by atoms with E-state index < -0.39 is 22.5 Å². The van der Waals surface area contributed by atoms with Crippen molar-refractivity contribution < 1.29 is 19.2 Å². The first-order chi connectivity index (χ1) is 9.79. The maximum absolute atomic E-state index is 12.5. The Morgan fingerprint density at radius 2 is 2.05 bits per heavy atom. The molecule has 0 aliphatic rings. The van der Waals surface area contributed by atoms with Crippen LogP contribution < -0.4 is 0 Å². The molecule has 0 spiro atoms. The highest BCUT2D eigenvalue weighted by molar-refractivity contribution is 6.34. The molecule has 0 unspecified atom stereocenters. The highest BCUT2D eigenvalue weighted by Crippen LogP contribution is 2.28. The summed E-state index contributed by atoms with van der Waals surface area (Å²) in [7, 11) is 1.20. The van der Waals surface area contributed by atoms with Crippen LogP contribution in [0, 0.1) is 10.1 Å². The first-order valence-corrected chi connectivity index (χ1v) is 6.48. The van der Waals surface area contributed by atoms with E-state index in [1.54, 1.807) is 13.8 Å². The zero-order chi connectivity index (χ0) is 16.2. The molecule has 0 saturated heterocycles. The number of ether oxygens (including phenoxy) is 1. The molecule has 21 heavy (non-hydrogen) atoms. The number of rotatable bonds is 5. The van der Waals surface area contributed by atoms with Gasteiger partial charge in [0.1, 0.15) is 12.1 Å². The van der Waals surface area contributed by atoms with Crippen LogP contribution in [0.5, 0.6) is 0 Å². The number of amides is 1. The summed E-state index contributed by atoms with van der Waals surface area (Å²) in [6.07, 6.45) is 0. The summed E-state index contributed by atoms with van der Waals surface area (Å²) in [6, 6.07) is 3.61. The van der Waals surface area contributed by atoms with Crippen molar-refractivity contribution in [2.75, 3.05) is 13.7 Å². The van der Waals surface area contributed by atoms with Gasteiger partial charge in [0.05, 0.1) is 17.1 Å². The Bertz CT molecular complexity index is 574. The number of nitro benzene ring substituents is 1. The Balaban J connectivity index is 3.27. The second-order valence-corrected chi connectivity index (χ2v) is 4.90. The van der Waals surface area contributed by atoms with Gasteiger partial charge in [-0.25, -0.2) is 0 Å². The molecule has 0 fully saturated rings. The van der Waals surface area contributed by atoms with Gasteiger partial charge in [0.15, 0.2) is 0 Å². The van der Waals surface area contributed by atoms with Crippen molar-refractivity contribution in [1.82, 2.24) is 4.90 Å². The van der Waals surface area contributed by atoms with Crippen molar-refractivity contribution in [2.24, 2.45) is 0 Å². The minimum Gasteiger partial charge on any atom is -0.468 e. The molecule has 0 aliphatic carbocycles. The second kappa shape index (κ2) is 7.03. The van der Waals surface area contributed by atoms with Crippen LogP contribution in [0.15, 0.2) is 18.2 Å². The average molecular weight is 315 g/mol. The summed E-state index contributed by atoms with van der Waals surface area (Å²) in [5, 5.41) is 11.0. The molecule has 0 aromatic heterocycles. The van der Waals surface area contributed by atoms with Crippen LogP contribution in [-0.4, -0.2) is 41.4 Å². The number of carbonyl (C=O) groups excluding carboxylic acids is 2. The number of nitrogens with zero attached hydrogens (tertiary/aromatic N) is 2. The number of halogens is 1. The van der Waals surface area contributed by atoms with Crippen molar-refractivity contribution in [1.29, 1.82) is 0 Å². The summed E-state index contributed by atoms with van der Waals surface area (Å²) >= 11 is 5.92. The van der Waals surface area contributed by atoms with Gasteiger partial charge in [0, 0.05) is 12.1 Å². The van der Waals surface area contributed by atoms with Gasteiger partial charge in [-0.1, -0.05) is 17.7 Å². The van der Waals surface area contributed by atoms with Crippen LogP contribution in [0.25, 0.3) is 0 Å². The molecule has 1 aromatic rings. The number of hydrogen-bond donors (Lipinski definition) is 0. The third-order valence-electron chi connectivity index (χ3n) is 2.81. The van der Waals surface area contributed by atoms with E-state index in [0.29, 0.717) is 0 Å². The molecule has 0 bridgehead atoms. The van der Waals surface area contributed by atoms with Crippen molar-refractivity contribution in [3.8, 4) is 0 Å². The molecule has 1 amide bonds. The summed E-state index contributed by atoms with van der Waals surface area (Å²) in [4.78, 5) is 35.4. The molecule has 114 valence electrons. The first-order valence-electron chi connectivity index (χ1n) is 6.10. The van der Waals surface area contributed by atoms with E-state index in [2.05, 4.69) is 4.74 Å². The maximum Gasteiger partial charge on any atom is 0.325 e. The number of methoxy groups -OCH3 is 1. The van der Waals surface area contributed by atoms with Crippen LogP contribution in [0.1, 0.15) is 24.2 Å². The van der Waals surface area contributed by atoms with Gasteiger partial charge in [-0.3, -0.25) is 19.7 Å². The second-order valence-electron chi connectivity index (χ2n) is 4.49. The molecule has 8 heteroatoms. The molecule has 0 atom stereocenters. The minimum absolute atomic E-state index is 0.0373. The molecule has 0 heterocycles. The topological polar surface area (TPSA) is 89.8 Å². The summed E-state index contributed by atoms with van der Waals surface area (Å²) in [6.45, 7) is 3.06. The van der Waals surface area contributed by atoms with E-state index in [4.69, 9.17) is 11.6 Å². The van der Waals surface area contributed by atoms with Crippen molar-refractivity contribution in [3.63, 3.8) is 0 Å². The lowest BCUT2D eigenvalue weighted by molar-refractivity contribution is -0.385. The quantitative estimate of drug-likeness (QED) is 0.472. The number of carbonyl (C=O) groups is 2. The van der Waals surface area contributed by atoms with Gasteiger partial charge in [-0.05, 0) is 19.9 Å². The van der Waals surface area contributed by atoms with Crippen LogP contribution in [0.3, 0.4) is 0 Å². The van der Waals surface area contributed by atoms with E-state index >= 15 is 0 Å². The molecule has 0 saturated carbocycles. The third-order valence-corrected chi connectivity index (χ3v) is 3.13. The molecular formula is C13H15ClN2O5. The van der Waals surface area contributed by atoms with Gasteiger partial charge in [0.2, 0.25) is 0 Å². The molecule has 1 aromatic carbocycles. The van der Waals surface area contributed by atoms with Gasteiger partial charge >= 0.3 is 5.97 Å². The van der Waals surface area contributed by atoms with Crippen LogP contribution in [0.4, 0.5) is 5.69 Å². The maximum atomic E-state index is 12.5. The molecule has 1 rings (SSSR count). The number of esters is 1. The smallest absolute Gasteiger partial charge is 0.325 e. The van der Waals surface area contributed by atoms with Crippen molar-refractivity contribution >= 4 is 29.2 Å². The zero-order valence-corrected chi connectivity index (χ0v) is 12.6.